The second-order valence-corrected chi connectivity index (χ2v) is 4.47. The van der Waals surface area contributed by atoms with Gasteiger partial charge in [-0.1, -0.05) is 11.8 Å². The summed E-state index contributed by atoms with van der Waals surface area (Å²) < 4.78 is 25.8. The highest BCUT2D eigenvalue weighted by Gasteiger charge is 2.08. The van der Waals surface area contributed by atoms with Crippen LogP contribution in [0.2, 0.25) is 0 Å². The Morgan fingerprint density at radius 1 is 1.22 bits per heavy atom. The van der Waals surface area contributed by atoms with Gasteiger partial charge in [0.2, 0.25) is 0 Å². The van der Waals surface area contributed by atoms with E-state index in [1.165, 1.54) is 18.3 Å². The van der Waals surface area contributed by atoms with Crippen LogP contribution in [0.4, 0.5) is 14.5 Å². The molecule has 2 N–H and O–H groups in total. The van der Waals surface area contributed by atoms with E-state index in [0.29, 0.717) is 21.2 Å². The van der Waals surface area contributed by atoms with Crippen molar-refractivity contribution >= 4 is 17.4 Å². The molecule has 1 heterocycles. The molecule has 0 radical (unpaired) electrons. The summed E-state index contributed by atoms with van der Waals surface area (Å²) in [6.07, 6.45) is 1.37. The van der Waals surface area contributed by atoms with E-state index in [-0.39, 0.29) is 0 Å². The van der Waals surface area contributed by atoms with Gasteiger partial charge in [0.1, 0.15) is 11.1 Å². The van der Waals surface area contributed by atoms with Crippen molar-refractivity contribution in [2.45, 2.75) is 9.92 Å². The first-order valence-corrected chi connectivity index (χ1v) is 5.70. The van der Waals surface area contributed by atoms with E-state index < -0.39 is 11.6 Å². The van der Waals surface area contributed by atoms with E-state index in [1.807, 2.05) is 6.07 Å². The molecule has 18 heavy (non-hydrogen) atoms. The SMILES string of the molecule is N#Cc1cnc(Sc2ccc(F)c(F)c2)c(N)c1. The van der Waals surface area contributed by atoms with Crippen LogP contribution in [-0.4, -0.2) is 4.98 Å². The van der Waals surface area contributed by atoms with Gasteiger partial charge in [0.05, 0.1) is 11.3 Å². The minimum Gasteiger partial charge on any atom is -0.396 e. The van der Waals surface area contributed by atoms with Crippen molar-refractivity contribution in [2.75, 3.05) is 5.73 Å². The van der Waals surface area contributed by atoms with Gasteiger partial charge in [-0.2, -0.15) is 5.26 Å². The maximum Gasteiger partial charge on any atom is 0.159 e. The van der Waals surface area contributed by atoms with Crippen LogP contribution in [0, 0.1) is 23.0 Å². The lowest BCUT2D eigenvalue weighted by molar-refractivity contribution is 0.506. The number of nitrogens with zero attached hydrogens (tertiary/aromatic N) is 2. The summed E-state index contributed by atoms with van der Waals surface area (Å²) in [4.78, 5) is 4.48. The number of hydrogen-bond donors (Lipinski definition) is 1. The first-order valence-electron chi connectivity index (χ1n) is 4.88. The number of halogens is 2. The molecule has 6 heteroatoms. The van der Waals surface area contributed by atoms with Gasteiger partial charge in [-0.3, -0.25) is 0 Å². The molecule has 0 spiro atoms. The summed E-state index contributed by atoms with van der Waals surface area (Å²) in [5.74, 6) is -1.83. The fourth-order valence-electron chi connectivity index (χ4n) is 1.27. The molecule has 1 aromatic heterocycles. The summed E-state index contributed by atoms with van der Waals surface area (Å²) in [6, 6.07) is 6.94. The number of hydrogen-bond acceptors (Lipinski definition) is 4. The summed E-state index contributed by atoms with van der Waals surface area (Å²) in [5, 5.41) is 9.11. The van der Waals surface area contributed by atoms with E-state index in [1.54, 1.807) is 0 Å². The largest absolute Gasteiger partial charge is 0.396 e. The Bertz CT molecular complexity index is 638. The van der Waals surface area contributed by atoms with E-state index in [4.69, 9.17) is 11.0 Å². The number of aromatic nitrogens is 1. The van der Waals surface area contributed by atoms with Gasteiger partial charge in [-0.05, 0) is 24.3 Å². The molecule has 0 fully saturated rings. The second kappa shape index (κ2) is 5.02. The van der Waals surface area contributed by atoms with Crippen molar-refractivity contribution in [1.82, 2.24) is 4.98 Å². The van der Waals surface area contributed by atoms with E-state index in [9.17, 15) is 8.78 Å². The highest BCUT2D eigenvalue weighted by molar-refractivity contribution is 7.99. The van der Waals surface area contributed by atoms with Crippen molar-refractivity contribution in [1.29, 1.82) is 5.26 Å². The highest BCUT2D eigenvalue weighted by atomic mass is 32.2. The fraction of sp³-hybridized carbons (Fsp3) is 0. The Hall–Kier alpha value is -2.13. The van der Waals surface area contributed by atoms with Crippen LogP contribution in [0.3, 0.4) is 0 Å². The molecule has 0 saturated heterocycles. The zero-order chi connectivity index (χ0) is 13.1. The van der Waals surface area contributed by atoms with E-state index in [0.717, 1.165) is 23.9 Å². The maximum atomic E-state index is 13.0. The number of anilines is 1. The number of nitrogens with two attached hydrogens (primary N) is 1. The molecule has 0 aliphatic heterocycles. The molecule has 0 bridgehead atoms. The van der Waals surface area contributed by atoms with Crippen LogP contribution < -0.4 is 5.73 Å². The molecule has 0 aliphatic rings. The first kappa shape index (κ1) is 12.3. The topological polar surface area (TPSA) is 62.7 Å². The number of nitrogen functional groups attached to an aromatic ring is 1. The van der Waals surface area contributed by atoms with E-state index >= 15 is 0 Å². The molecule has 90 valence electrons. The normalized spacial score (nSPS) is 10.1. The summed E-state index contributed by atoms with van der Waals surface area (Å²) in [7, 11) is 0. The van der Waals surface area contributed by atoms with Gasteiger partial charge in [-0.25, -0.2) is 13.8 Å². The third-order valence-corrected chi connectivity index (χ3v) is 3.14. The van der Waals surface area contributed by atoms with Crippen molar-refractivity contribution in [3.63, 3.8) is 0 Å². The minimum atomic E-state index is -0.924. The highest BCUT2D eigenvalue weighted by Crippen LogP contribution is 2.31. The van der Waals surface area contributed by atoms with Crippen molar-refractivity contribution in [3.05, 3.63) is 47.7 Å². The van der Waals surface area contributed by atoms with Crippen LogP contribution in [-0.2, 0) is 0 Å². The van der Waals surface area contributed by atoms with Crippen molar-refractivity contribution in [2.24, 2.45) is 0 Å². The maximum absolute atomic E-state index is 13.0. The molecule has 0 atom stereocenters. The van der Waals surface area contributed by atoms with Gasteiger partial charge < -0.3 is 5.73 Å². The zero-order valence-electron chi connectivity index (χ0n) is 9.02. The smallest absolute Gasteiger partial charge is 0.159 e. The lowest BCUT2D eigenvalue weighted by atomic mass is 10.3. The Labute approximate surface area is 106 Å². The van der Waals surface area contributed by atoms with Crippen LogP contribution in [0.25, 0.3) is 0 Å². The average Bonchev–Trinajstić information content (AvgIpc) is 2.36. The Kier molecular flexibility index (Phi) is 3.44. The molecule has 3 nitrogen and oxygen atoms in total. The van der Waals surface area contributed by atoms with Gasteiger partial charge in [0.15, 0.2) is 11.6 Å². The Morgan fingerprint density at radius 2 is 2.00 bits per heavy atom. The molecule has 2 rings (SSSR count). The van der Waals surface area contributed by atoms with Gasteiger partial charge in [-0.15, -0.1) is 0 Å². The molecular formula is C12H7F2N3S. The molecular weight excluding hydrogens is 256 g/mol. The molecule has 0 unspecified atom stereocenters. The van der Waals surface area contributed by atoms with Gasteiger partial charge >= 0.3 is 0 Å². The number of benzene rings is 1. The van der Waals surface area contributed by atoms with E-state index in [2.05, 4.69) is 4.98 Å². The lowest BCUT2D eigenvalue weighted by Gasteiger charge is -2.04. The predicted octanol–water partition coefficient (Wildman–Crippen LogP) is 2.96. The fourth-order valence-corrected chi connectivity index (χ4v) is 2.07. The third kappa shape index (κ3) is 2.57. The number of rotatable bonds is 2. The number of pyridine rings is 1. The predicted molar refractivity (Wildman–Crippen MR) is 63.8 cm³/mol. The van der Waals surface area contributed by atoms with Crippen LogP contribution in [0.15, 0.2) is 40.4 Å². The third-order valence-electron chi connectivity index (χ3n) is 2.11. The van der Waals surface area contributed by atoms with Crippen LogP contribution >= 0.6 is 11.8 Å². The quantitative estimate of drug-likeness (QED) is 0.904. The Morgan fingerprint density at radius 3 is 2.61 bits per heavy atom. The average molecular weight is 263 g/mol. The molecule has 0 aliphatic carbocycles. The van der Waals surface area contributed by atoms with Crippen LogP contribution in [0.1, 0.15) is 5.56 Å². The number of nitriles is 1. The minimum absolute atomic E-state index is 0.323. The first-order chi connectivity index (χ1) is 8.60. The second-order valence-electron chi connectivity index (χ2n) is 3.41. The molecule has 2 aromatic rings. The molecule has 0 amide bonds. The zero-order valence-corrected chi connectivity index (χ0v) is 9.84. The lowest BCUT2D eigenvalue weighted by Crippen LogP contribution is -1.93. The monoisotopic (exact) mass is 263 g/mol. The van der Waals surface area contributed by atoms with Gasteiger partial charge in [0, 0.05) is 11.1 Å². The molecule has 0 saturated carbocycles. The summed E-state index contributed by atoms with van der Waals surface area (Å²) >= 11 is 1.10. The van der Waals surface area contributed by atoms with Gasteiger partial charge in [0.25, 0.3) is 0 Å². The van der Waals surface area contributed by atoms with Crippen molar-refractivity contribution in [3.8, 4) is 6.07 Å². The summed E-state index contributed by atoms with van der Waals surface area (Å²) in [6.45, 7) is 0. The summed E-state index contributed by atoms with van der Waals surface area (Å²) in [5.41, 5.74) is 6.38. The van der Waals surface area contributed by atoms with Crippen molar-refractivity contribution < 1.29 is 8.78 Å². The Balaban J connectivity index is 2.29. The molecule has 1 aromatic carbocycles. The van der Waals surface area contributed by atoms with Crippen LogP contribution in [0.5, 0.6) is 0 Å². The standard InChI is InChI=1S/C12H7F2N3S/c13-9-2-1-8(4-10(9)14)18-12-11(16)3-7(5-15)6-17-12/h1-4,6H,16H2.